The normalized spacial score (nSPS) is 10.5. The van der Waals surface area contributed by atoms with Crippen molar-refractivity contribution in [2.45, 2.75) is 13.5 Å². The standard InChI is InChI=1S/C14H16FN3O2S/c1-8-12(21-14(16)17-8)13(19)18(2)7-9-4-5-11(20-3)10(15)6-9/h4-6H,7H2,1-3H3,(H2,16,17). The van der Waals surface area contributed by atoms with Crippen LogP contribution in [0.2, 0.25) is 0 Å². The third-order valence-corrected chi connectivity index (χ3v) is 3.96. The van der Waals surface area contributed by atoms with Gasteiger partial charge in [-0.1, -0.05) is 17.4 Å². The number of ether oxygens (including phenoxy) is 1. The van der Waals surface area contributed by atoms with Gasteiger partial charge in [-0.2, -0.15) is 0 Å². The Bertz CT molecular complexity index is 672. The largest absolute Gasteiger partial charge is 0.494 e. The molecule has 112 valence electrons. The number of thiazole rings is 1. The Morgan fingerprint density at radius 3 is 2.76 bits per heavy atom. The van der Waals surface area contributed by atoms with Gasteiger partial charge in [0.1, 0.15) is 4.88 Å². The molecule has 1 aromatic carbocycles. The third kappa shape index (κ3) is 3.30. The van der Waals surface area contributed by atoms with E-state index in [0.717, 1.165) is 11.3 Å². The van der Waals surface area contributed by atoms with Crippen LogP contribution in [-0.2, 0) is 6.54 Å². The van der Waals surface area contributed by atoms with E-state index >= 15 is 0 Å². The molecule has 1 heterocycles. The first-order valence-corrected chi connectivity index (χ1v) is 7.04. The number of halogens is 1. The second-order valence-corrected chi connectivity index (χ2v) is 5.63. The van der Waals surface area contributed by atoms with Crippen molar-refractivity contribution < 1.29 is 13.9 Å². The van der Waals surface area contributed by atoms with Crippen molar-refractivity contribution in [3.8, 4) is 5.75 Å². The Kier molecular flexibility index (Phi) is 4.42. The lowest BCUT2D eigenvalue weighted by molar-refractivity contribution is 0.0789. The molecule has 0 unspecified atom stereocenters. The van der Waals surface area contributed by atoms with E-state index in [-0.39, 0.29) is 18.2 Å². The first-order chi connectivity index (χ1) is 9.92. The summed E-state index contributed by atoms with van der Waals surface area (Å²) < 4.78 is 18.5. The monoisotopic (exact) mass is 309 g/mol. The number of hydrogen-bond donors (Lipinski definition) is 1. The van der Waals surface area contributed by atoms with E-state index in [4.69, 9.17) is 10.5 Å². The Labute approximate surface area is 126 Å². The lowest BCUT2D eigenvalue weighted by atomic mass is 10.2. The molecule has 0 aliphatic heterocycles. The average molecular weight is 309 g/mol. The van der Waals surface area contributed by atoms with Crippen LogP contribution in [0.5, 0.6) is 5.75 Å². The Morgan fingerprint density at radius 1 is 1.52 bits per heavy atom. The molecule has 0 radical (unpaired) electrons. The van der Waals surface area contributed by atoms with E-state index < -0.39 is 5.82 Å². The fraction of sp³-hybridized carbons (Fsp3) is 0.286. The van der Waals surface area contributed by atoms with E-state index in [1.165, 1.54) is 18.1 Å². The summed E-state index contributed by atoms with van der Waals surface area (Å²) in [5, 5.41) is 0.361. The molecule has 21 heavy (non-hydrogen) atoms. The molecule has 5 nitrogen and oxygen atoms in total. The van der Waals surface area contributed by atoms with Crippen LogP contribution in [-0.4, -0.2) is 29.9 Å². The number of carbonyl (C=O) groups excluding carboxylic acids is 1. The number of amides is 1. The average Bonchev–Trinajstić information content (AvgIpc) is 2.77. The molecule has 2 N–H and O–H groups in total. The van der Waals surface area contributed by atoms with Crippen molar-refractivity contribution >= 4 is 22.4 Å². The topological polar surface area (TPSA) is 68.5 Å². The molecule has 0 spiro atoms. The zero-order valence-electron chi connectivity index (χ0n) is 12.0. The van der Waals surface area contributed by atoms with Crippen molar-refractivity contribution in [3.05, 3.63) is 40.2 Å². The SMILES string of the molecule is COc1ccc(CN(C)C(=O)c2sc(N)nc2C)cc1F. The summed E-state index contributed by atoms with van der Waals surface area (Å²) in [6, 6.07) is 4.62. The first kappa shape index (κ1) is 15.2. The zero-order valence-corrected chi connectivity index (χ0v) is 12.8. The molecule has 7 heteroatoms. The van der Waals surface area contributed by atoms with Crippen molar-refractivity contribution in [1.82, 2.24) is 9.88 Å². The smallest absolute Gasteiger partial charge is 0.265 e. The molecule has 0 saturated heterocycles. The zero-order chi connectivity index (χ0) is 15.6. The highest BCUT2D eigenvalue weighted by molar-refractivity contribution is 7.17. The second-order valence-electron chi connectivity index (χ2n) is 4.60. The fourth-order valence-corrected chi connectivity index (χ4v) is 2.77. The van der Waals surface area contributed by atoms with Gasteiger partial charge in [0.25, 0.3) is 5.91 Å². The molecule has 0 atom stereocenters. The molecule has 1 aromatic heterocycles. The van der Waals surface area contributed by atoms with Crippen molar-refractivity contribution in [2.75, 3.05) is 19.9 Å². The molecular weight excluding hydrogens is 293 g/mol. The minimum atomic E-state index is -0.450. The number of nitrogen functional groups attached to an aromatic ring is 1. The minimum absolute atomic E-state index is 0.179. The van der Waals surface area contributed by atoms with Gasteiger partial charge in [0, 0.05) is 13.6 Å². The summed E-state index contributed by atoms with van der Waals surface area (Å²) in [5.41, 5.74) is 6.88. The molecule has 2 aromatic rings. The molecule has 0 aliphatic rings. The number of hydrogen-bond acceptors (Lipinski definition) is 5. The van der Waals surface area contributed by atoms with Crippen LogP contribution in [0.15, 0.2) is 18.2 Å². The van der Waals surface area contributed by atoms with Crippen LogP contribution in [0.1, 0.15) is 20.9 Å². The van der Waals surface area contributed by atoms with Crippen LogP contribution in [0.3, 0.4) is 0 Å². The second kappa shape index (κ2) is 6.09. The maximum atomic E-state index is 13.6. The van der Waals surface area contributed by atoms with Crippen LogP contribution in [0, 0.1) is 12.7 Å². The van der Waals surface area contributed by atoms with Crippen LogP contribution >= 0.6 is 11.3 Å². The fourth-order valence-electron chi connectivity index (χ4n) is 1.94. The molecule has 0 aliphatic carbocycles. The van der Waals surface area contributed by atoms with Gasteiger partial charge in [0.05, 0.1) is 12.8 Å². The van der Waals surface area contributed by atoms with Crippen LogP contribution in [0.25, 0.3) is 0 Å². The lowest BCUT2D eigenvalue weighted by Gasteiger charge is -2.17. The number of aromatic nitrogens is 1. The van der Waals surface area contributed by atoms with Gasteiger partial charge in [-0.15, -0.1) is 0 Å². The van der Waals surface area contributed by atoms with Crippen LogP contribution in [0.4, 0.5) is 9.52 Å². The minimum Gasteiger partial charge on any atom is -0.494 e. The molecule has 0 fully saturated rings. The highest BCUT2D eigenvalue weighted by Gasteiger charge is 2.18. The summed E-state index contributed by atoms with van der Waals surface area (Å²) in [7, 11) is 3.06. The Balaban J connectivity index is 2.14. The summed E-state index contributed by atoms with van der Waals surface area (Å²) in [6.45, 7) is 2.03. The van der Waals surface area contributed by atoms with Crippen molar-refractivity contribution in [2.24, 2.45) is 0 Å². The molecule has 0 saturated carbocycles. The third-order valence-electron chi connectivity index (χ3n) is 2.99. The number of rotatable bonds is 4. The van der Waals surface area contributed by atoms with E-state index in [2.05, 4.69) is 4.98 Å². The Morgan fingerprint density at radius 2 is 2.24 bits per heavy atom. The highest BCUT2D eigenvalue weighted by atomic mass is 32.1. The predicted octanol–water partition coefficient (Wildman–Crippen LogP) is 2.45. The van der Waals surface area contributed by atoms with Crippen molar-refractivity contribution in [3.63, 3.8) is 0 Å². The van der Waals surface area contributed by atoms with E-state index in [1.807, 2.05) is 0 Å². The van der Waals surface area contributed by atoms with E-state index in [9.17, 15) is 9.18 Å². The van der Waals surface area contributed by atoms with Gasteiger partial charge in [-0.25, -0.2) is 9.37 Å². The van der Waals surface area contributed by atoms with Gasteiger partial charge in [0.2, 0.25) is 0 Å². The predicted molar refractivity (Wildman–Crippen MR) is 80.0 cm³/mol. The number of benzene rings is 1. The molecular formula is C14H16FN3O2S. The van der Waals surface area contributed by atoms with Gasteiger partial charge >= 0.3 is 0 Å². The molecule has 0 bridgehead atoms. The number of anilines is 1. The first-order valence-electron chi connectivity index (χ1n) is 6.23. The number of nitrogens with two attached hydrogens (primary N) is 1. The van der Waals surface area contributed by atoms with Gasteiger partial charge in [0.15, 0.2) is 16.7 Å². The van der Waals surface area contributed by atoms with Gasteiger partial charge in [-0.05, 0) is 24.6 Å². The number of methoxy groups -OCH3 is 1. The summed E-state index contributed by atoms with van der Waals surface area (Å²) in [4.78, 5) is 18.3. The highest BCUT2D eigenvalue weighted by Crippen LogP contribution is 2.23. The molecule has 1 amide bonds. The van der Waals surface area contributed by atoms with Crippen molar-refractivity contribution in [1.29, 1.82) is 0 Å². The van der Waals surface area contributed by atoms with E-state index in [0.29, 0.717) is 21.3 Å². The maximum absolute atomic E-state index is 13.6. The maximum Gasteiger partial charge on any atom is 0.265 e. The number of carbonyl (C=O) groups is 1. The summed E-state index contributed by atoms with van der Waals surface area (Å²) in [5.74, 6) is -0.453. The number of aryl methyl sites for hydroxylation is 1. The summed E-state index contributed by atoms with van der Waals surface area (Å²) >= 11 is 1.15. The van der Waals surface area contributed by atoms with Crippen LogP contribution < -0.4 is 10.5 Å². The molecule has 2 rings (SSSR count). The van der Waals surface area contributed by atoms with E-state index in [1.54, 1.807) is 26.1 Å². The summed E-state index contributed by atoms with van der Waals surface area (Å²) in [6.07, 6.45) is 0. The quantitative estimate of drug-likeness (QED) is 0.942. The lowest BCUT2D eigenvalue weighted by Crippen LogP contribution is -2.26. The number of nitrogens with zero attached hydrogens (tertiary/aromatic N) is 2. The van der Waals surface area contributed by atoms with Gasteiger partial charge < -0.3 is 15.4 Å². The Hall–Kier alpha value is -2.15. The van der Waals surface area contributed by atoms with Gasteiger partial charge in [-0.3, -0.25) is 4.79 Å².